The van der Waals surface area contributed by atoms with Crippen LogP contribution in [0.2, 0.25) is 0 Å². The third kappa shape index (κ3) is 35.7. The number of nitrogens with two attached hydrogens (primary N) is 1. The normalized spacial score (nSPS) is 19.7. The number of hydrogen-bond acceptors (Lipinski definition) is 21. The molecule has 2 unspecified atom stereocenters. The van der Waals surface area contributed by atoms with E-state index in [0.29, 0.717) is 55.6 Å². The van der Waals surface area contributed by atoms with E-state index in [-0.39, 0.29) is 30.6 Å². The molecule has 5 aliphatic rings. The van der Waals surface area contributed by atoms with Gasteiger partial charge in [0, 0.05) is 105 Å². The fraction of sp³-hybridized carbons (Fsp3) is 0.701. The van der Waals surface area contributed by atoms with Crippen LogP contribution >= 0.6 is 0 Å². The molecule has 10 N–H and O–H groups in total. The third-order valence-corrected chi connectivity index (χ3v) is 19.0. The van der Waals surface area contributed by atoms with Crippen molar-refractivity contribution in [2.75, 3.05) is 85.7 Å². The summed E-state index contributed by atoms with van der Waals surface area (Å²) >= 11 is 0. The number of amides is 5. The van der Waals surface area contributed by atoms with Crippen molar-refractivity contribution >= 4 is 91.4 Å². The van der Waals surface area contributed by atoms with Gasteiger partial charge in [-0.05, 0) is 122 Å². The first-order valence-electron chi connectivity index (χ1n) is 36.0. The Labute approximate surface area is 653 Å². The van der Waals surface area contributed by atoms with Gasteiger partial charge in [-0.2, -0.15) is 63.6 Å². The number of anilines is 4. The smallest absolute Gasteiger partial charge is 0.480 e. The highest BCUT2D eigenvalue weighted by molar-refractivity contribution is 7.91. The molecule has 0 radical (unpaired) electrons. The number of carboxylic acids is 3. The molecule has 642 valence electrons. The molecule has 5 saturated heterocycles. The number of quaternary nitrogens is 2. The maximum absolute atomic E-state index is 12.8. The van der Waals surface area contributed by atoms with Crippen LogP contribution in [0.5, 0.6) is 0 Å². The first-order valence-corrected chi connectivity index (χ1v) is 38.9. The van der Waals surface area contributed by atoms with Crippen molar-refractivity contribution in [2.24, 2.45) is 33.3 Å². The first-order chi connectivity index (χ1) is 51.7. The second kappa shape index (κ2) is 41.6. The molecule has 0 aliphatic carbocycles. The Morgan fingerprint density at radius 3 is 1.22 bits per heavy atom. The number of carboxylic acid groups (broad SMARTS) is 3. The minimum Gasteiger partial charge on any atom is -0.480 e. The van der Waals surface area contributed by atoms with E-state index in [1.54, 1.807) is 108 Å². The fourth-order valence-electron chi connectivity index (χ4n) is 11.5. The van der Waals surface area contributed by atoms with Crippen molar-refractivity contribution in [3.63, 3.8) is 0 Å². The molecule has 46 heteroatoms. The van der Waals surface area contributed by atoms with E-state index in [1.807, 2.05) is 71.5 Å². The molecule has 0 saturated carbocycles. The molecule has 9 heterocycles. The molecule has 5 fully saturated rings. The number of carbonyl (C=O) groups is 8. The van der Waals surface area contributed by atoms with Crippen molar-refractivity contribution in [2.45, 2.75) is 212 Å². The molecule has 7 atom stereocenters. The van der Waals surface area contributed by atoms with Crippen molar-refractivity contribution < 1.29 is 126 Å². The predicted molar refractivity (Wildman–Crippen MR) is 398 cm³/mol. The number of likely N-dealkylation sites (N-methyl/N-ethyl adjacent to an activating group) is 2. The van der Waals surface area contributed by atoms with Crippen LogP contribution in [0.3, 0.4) is 0 Å². The van der Waals surface area contributed by atoms with Crippen LogP contribution in [0.1, 0.15) is 147 Å². The number of aliphatic carboxylic acids is 3. The van der Waals surface area contributed by atoms with Gasteiger partial charge in [-0.25, -0.2) is 52.0 Å². The third-order valence-electron chi connectivity index (χ3n) is 16.6. The second-order valence-electron chi connectivity index (χ2n) is 31.1. The van der Waals surface area contributed by atoms with Crippen molar-refractivity contribution in [1.82, 2.24) is 58.5 Å². The number of likely N-dealkylation sites (tertiary alicyclic amines) is 5. The summed E-state index contributed by atoms with van der Waals surface area (Å²) in [4.78, 5) is 96.0. The van der Waals surface area contributed by atoms with Gasteiger partial charge in [-0.3, -0.25) is 33.3 Å². The van der Waals surface area contributed by atoms with Gasteiger partial charge in [0.25, 0.3) is 10.2 Å². The highest BCUT2D eigenvalue weighted by Crippen LogP contribution is 2.27. The Hall–Kier alpha value is -9.44. The molecule has 4 aromatic rings. The molecule has 113 heavy (non-hydrogen) atoms. The molecular weight excluding hydrogens is 1550 g/mol. The minimum absolute atomic E-state index is 0.162. The Morgan fingerprint density at radius 1 is 0.513 bits per heavy atom. The van der Waals surface area contributed by atoms with Gasteiger partial charge in [0.1, 0.15) is 46.6 Å². The molecule has 5 amide bonds. The number of ether oxygens (including phenoxy) is 4. The zero-order chi connectivity index (χ0) is 86.3. The van der Waals surface area contributed by atoms with E-state index in [0.717, 1.165) is 83.2 Å². The maximum Gasteiger partial charge on any atom is 0.490 e. The van der Waals surface area contributed by atoms with Crippen LogP contribution in [-0.4, -0.2) is 266 Å². The lowest BCUT2D eigenvalue weighted by Crippen LogP contribution is -3.11. The van der Waals surface area contributed by atoms with Crippen LogP contribution in [-0.2, 0) is 86.7 Å². The van der Waals surface area contributed by atoms with Crippen LogP contribution in [0.25, 0.3) is 0 Å². The van der Waals surface area contributed by atoms with Gasteiger partial charge in [0.2, 0.25) is 5.91 Å². The summed E-state index contributed by atoms with van der Waals surface area (Å²) in [5, 5.41) is 50.7. The van der Waals surface area contributed by atoms with Crippen LogP contribution < -0.4 is 38.9 Å². The Balaban J connectivity index is 0.000000353. The largest absolute Gasteiger partial charge is 0.490 e. The summed E-state index contributed by atoms with van der Waals surface area (Å²) in [6.07, 6.45) is 9.75. The Kier molecular flexibility index (Phi) is 35.9. The zero-order valence-corrected chi connectivity index (χ0v) is 68.7. The van der Waals surface area contributed by atoms with Gasteiger partial charge in [-0.1, -0.05) is 0 Å². The number of alkyl halides is 6. The van der Waals surface area contributed by atoms with Gasteiger partial charge < -0.3 is 59.6 Å². The van der Waals surface area contributed by atoms with Gasteiger partial charge in [0.15, 0.2) is 0 Å². The molecule has 4 aromatic heterocycles. The summed E-state index contributed by atoms with van der Waals surface area (Å²) in [6, 6.07) is -0.566. The number of halogens is 6. The quantitative estimate of drug-likeness (QED) is 0.0584. The standard InChI is InChI=1S/C15H27N5O4S.C14H22N4O3.C14H24N4O2.C10H19N5O2S.C10H17NO4.2C2HF3O2/c1-15(2,3)24-14(21)17-25(22,23)20(13-9-16-19(5)10-13)11-12-7-6-8-18(12)4;1-14(2,3)21-13(20)18-7-5-6-11(18)12(19)16-10-8-15-17(4)9-10;1-14(2,3)20-13(19)18-7-5-6-12(18)9-15-11-8-16-17(4)10-11;1-13-5-3-4-9(13)8-15(18(11,16)17)10-6-12-14(2)7-10;1-10(2,3)15-9(14)11-6-4-5-7(11)8(12)13;2*3-2(4,5)1(6)7/h9-10,12H,6-8,11H2,1-5H3,(H,17,21);8-9,11H,5-7H2,1-4H3,(H,16,19);8,10,12,15H,5-7,9H2,1-4H3;6-7,9H,3-5,8H2,1-2H3,(H2,11,16,17);7H,4-6H2,1-3H3,(H,12,13);2*(H,6,7)/p+2/t12-;11-;12-;9-;7-;;/m11111../s1. The van der Waals surface area contributed by atoms with Crippen LogP contribution in [0.15, 0.2) is 49.6 Å². The molecule has 5 aliphatic heterocycles. The Bertz CT molecular complexity index is 3980. The van der Waals surface area contributed by atoms with Crippen molar-refractivity contribution in [1.29, 1.82) is 0 Å². The Morgan fingerprint density at radius 2 is 0.867 bits per heavy atom. The summed E-state index contributed by atoms with van der Waals surface area (Å²) in [7, 11) is 3.40. The maximum atomic E-state index is 12.8. The van der Waals surface area contributed by atoms with E-state index in [9.17, 15) is 71.9 Å². The lowest BCUT2D eigenvalue weighted by Gasteiger charge is -2.28. The number of aromatic nitrogens is 8. The van der Waals surface area contributed by atoms with Gasteiger partial charge in [0.05, 0.1) is 93.9 Å². The molecule has 38 nitrogen and oxygen atoms in total. The van der Waals surface area contributed by atoms with E-state index in [2.05, 4.69) is 38.1 Å². The fourth-order valence-corrected chi connectivity index (χ4v) is 13.4. The molecule has 0 bridgehead atoms. The van der Waals surface area contributed by atoms with Crippen molar-refractivity contribution in [3.8, 4) is 0 Å². The summed E-state index contributed by atoms with van der Waals surface area (Å²) in [5.41, 5.74) is 0.169. The SMILES string of the molecule is CC(C)(C)OC(=O)N1CCC[C@@H]1C(=O)O.Cn1cc(N(C[C@H]2CCC[NH+]2C)S(=O)(=O)NC(=O)OC(C)(C)C)cn1.Cn1cc(N(C[C@H]2CCC[NH+]2C)S(N)(=O)=O)cn1.Cn1cc(NC(=O)[C@H]2CCCN2C(=O)OC(C)(C)C)cn1.Cn1cc(NC[C@H]2CCCN2C(=O)OC(C)(C)C)cn1.O=C(O)C(F)(F)F.O=C(O)C(F)(F)F. The van der Waals surface area contributed by atoms with Crippen LogP contribution in [0, 0.1) is 0 Å². The molecular formula is C67H113F6N19O19S2+2. The summed E-state index contributed by atoms with van der Waals surface area (Å²) in [6.45, 7) is 26.7. The van der Waals surface area contributed by atoms with Crippen molar-refractivity contribution in [3.05, 3.63) is 49.6 Å². The summed E-state index contributed by atoms with van der Waals surface area (Å²) in [5.74, 6) is -6.68. The highest BCUT2D eigenvalue weighted by Gasteiger charge is 2.42. The topological polar surface area (TPSA) is 461 Å². The average Bonchev–Trinajstić information content (AvgIpc) is 1.78. The number of hydrogen-bond donors (Lipinski definition) is 9. The number of carbonyl (C=O) groups excluding carboxylic acids is 5. The van der Waals surface area contributed by atoms with E-state index in [1.165, 1.54) is 45.3 Å². The molecule has 0 aromatic carbocycles. The van der Waals surface area contributed by atoms with E-state index < -0.39 is 103 Å². The number of nitrogens with zero attached hydrogens (tertiary/aromatic N) is 13. The second-order valence-corrected chi connectivity index (χ2v) is 34.2. The molecule has 0 spiro atoms. The van der Waals surface area contributed by atoms with Gasteiger partial charge >= 0.3 is 64.8 Å². The summed E-state index contributed by atoms with van der Waals surface area (Å²) < 4.78 is 144. The number of aryl methyl sites for hydroxylation is 4. The minimum atomic E-state index is -5.08. The molecule has 9 rings (SSSR count). The van der Waals surface area contributed by atoms with Gasteiger partial charge in [-0.15, -0.1) is 0 Å². The zero-order valence-electron chi connectivity index (χ0n) is 67.1. The predicted octanol–water partition coefficient (Wildman–Crippen LogP) is 4.51. The van der Waals surface area contributed by atoms with Crippen LogP contribution in [0.4, 0.5) is 68.3 Å². The lowest BCUT2D eigenvalue weighted by atomic mass is 10.2. The lowest BCUT2D eigenvalue weighted by molar-refractivity contribution is -0.890. The average molecular weight is 1670 g/mol. The highest BCUT2D eigenvalue weighted by atomic mass is 32.2. The van der Waals surface area contributed by atoms with E-state index >= 15 is 0 Å². The van der Waals surface area contributed by atoms with E-state index in [4.69, 9.17) is 49.0 Å². The number of rotatable bonds is 15. The first kappa shape index (κ1) is 97.8. The number of nitrogens with one attached hydrogen (secondary N) is 5. The monoisotopic (exact) mass is 1670 g/mol.